The van der Waals surface area contributed by atoms with E-state index >= 15 is 0 Å². The number of aliphatic hydroxyl groups excluding tert-OH is 1. The first-order chi connectivity index (χ1) is 8.15. The molecular formula is C14H21NOS. The zero-order valence-electron chi connectivity index (χ0n) is 10.7. The Morgan fingerprint density at radius 2 is 2.29 bits per heavy atom. The first-order valence-corrected chi connectivity index (χ1v) is 7.80. The van der Waals surface area contributed by atoms with Gasteiger partial charge in [-0.2, -0.15) is 11.8 Å². The lowest BCUT2D eigenvalue weighted by atomic mass is 9.95. The molecule has 1 heterocycles. The molecule has 0 amide bonds. The Balaban J connectivity index is 1.94. The van der Waals surface area contributed by atoms with Crippen LogP contribution in [0.1, 0.15) is 48.7 Å². The van der Waals surface area contributed by atoms with Gasteiger partial charge in [0, 0.05) is 28.2 Å². The molecule has 1 atom stereocenters. The smallest absolute Gasteiger partial charge is 0.0807 e. The molecule has 1 N–H and O–H groups in total. The first-order valence-electron chi connectivity index (χ1n) is 6.57. The van der Waals surface area contributed by atoms with E-state index in [1.165, 1.54) is 29.8 Å². The molecule has 2 aliphatic carbocycles. The first kappa shape index (κ1) is 11.7. The van der Waals surface area contributed by atoms with Crippen LogP contribution >= 0.6 is 11.8 Å². The van der Waals surface area contributed by atoms with E-state index in [0.717, 1.165) is 25.8 Å². The van der Waals surface area contributed by atoms with Gasteiger partial charge in [0.05, 0.1) is 6.10 Å². The van der Waals surface area contributed by atoms with Crippen LogP contribution < -0.4 is 0 Å². The van der Waals surface area contributed by atoms with Crippen molar-refractivity contribution in [3.63, 3.8) is 0 Å². The van der Waals surface area contributed by atoms with E-state index in [0.29, 0.717) is 4.75 Å². The van der Waals surface area contributed by atoms with E-state index < -0.39 is 0 Å². The fourth-order valence-electron chi connectivity index (χ4n) is 3.02. The molecule has 3 heteroatoms. The summed E-state index contributed by atoms with van der Waals surface area (Å²) in [5.74, 6) is 0. The summed E-state index contributed by atoms with van der Waals surface area (Å²) >= 11 is 2.01. The standard InChI is InChI=1S/C14H21NOS/c1-10-8-11-12(4-3-5-13(11)16)15(10)9-14(17-2)6-7-14/h8,13,16H,3-7,9H2,1-2H3. The lowest BCUT2D eigenvalue weighted by Crippen LogP contribution is -2.19. The van der Waals surface area contributed by atoms with Gasteiger partial charge in [-0.15, -0.1) is 0 Å². The van der Waals surface area contributed by atoms with E-state index in [9.17, 15) is 5.11 Å². The van der Waals surface area contributed by atoms with Crippen LogP contribution in [0.15, 0.2) is 6.07 Å². The van der Waals surface area contributed by atoms with Gasteiger partial charge in [0.2, 0.25) is 0 Å². The molecule has 0 saturated heterocycles. The third kappa shape index (κ3) is 1.93. The molecule has 0 radical (unpaired) electrons. The van der Waals surface area contributed by atoms with Crippen LogP contribution in [-0.2, 0) is 13.0 Å². The van der Waals surface area contributed by atoms with Gasteiger partial charge in [-0.05, 0) is 51.3 Å². The molecule has 0 bridgehead atoms. The minimum Gasteiger partial charge on any atom is -0.388 e. The lowest BCUT2D eigenvalue weighted by Gasteiger charge is -2.23. The second-order valence-corrected chi connectivity index (χ2v) is 6.84. The summed E-state index contributed by atoms with van der Waals surface area (Å²) in [7, 11) is 0. The number of hydrogen-bond donors (Lipinski definition) is 1. The third-order valence-corrected chi connectivity index (χ3v) is 5.79. The van der Waals surface area contributed by atoms with E-state index in [2.05, 4.69) is 23.8 Å². The highest BCUT2D eigenvalue weighted by atomic mass is 32.2. The fraction of sp³-hybridized carbons (Fsp3) is 0.714. The van der Waals surface area contributed by atoms with E-state index in [1.807, 2.05) is 11.8 Å². The zero-order chi connectivity index (χ0) is 12.0. The van der Waals surface area contributed by atoms with Crippen LogP contribution in [-0.4, -0.2) is 20.7 Å². The van der Waals surface area contributed by atoms with Gasteiger partial charge in [-0.25, -0.2) is 0 Å². The number of aryl methyl sites for hydroxylation is 1. The Bertz CT molecular complexity index is 434. The van der Waals surface area contributed by atoms with E-state index in [4.69, 9.17) is 0 Å². The highest BCUT2D eigenvalue weighted by molar-refractivity contribution is 8.00. The Morgan fingerprint density at radius 1 is 1.53 bits per heavy atom. The quantitative estimate of drug-likeness (QED) is 0.893. The average Bonchev–Trinajstić information content (AvgIpc) is 3.02. The molecule has 1 unspecified atom stereocenters. The third-order valence-electron chi connectivity index (χ3n) is 4.39. The maximum atomic E-state index is 10.1. The monoisotopic (exact) mass is 251 g/mol. The molecule has 0 aliphatic heterocycles. The summed E-state index contributed by atoms with van der Waals surface area (Å²) in [6, 6.07) is 2.20. The maximum Gasteiger partial charge on any atom is 0.0807 e. The van der Waals surface area contributed by atoms with Crippen molar-refractivity contribution >= 4 is 11.8 Å². The predicted octanol–water partition coefficient (Wildman–Crippen LogP) is 3.06. The van der Waals surface area contributed by atoms with Crippen molar-refractivity contribution < 1.29 is 5.11 Å². The highest BCUT2D eigenvalue weighted by Crippen LogP contribution is 2.49. The highest BCUT2D eigenvalue weighted by Gasteiger charge is 2.43. The Hall–Kier alpha value is -0.410. The van der Waals surface area contributed by atoms with Gasteiger partial charge in [0.1, 0.15) is 0 Å². The van der Waals surface area contributed by atoms with Crippen molar-refractivity contribution in [1.29, 1.82) is 0 Å². The number of aliphatic hydroxyl groups is 1. The molecule has 2 aliphatic rings. The van der Waals surface area contributed by atoms with Crippen LogP contribution in [0, 0.1) is 6.92 Å². The number of fused-ring (bicyclic) bond motifs is 1. The van der Waals surface area contributed by atoms with Gasteiger partial charge >= 0.3 is 0 Å². The van der Waals surface area contributed by atoms with Crippen LogP contribution in [0.3, 0.4) is 0 Å². The van der Waals surface area contributed by atoms with Crippen molar-refractivity contribution in [1.82, 2.24) is 4.57 Å². The Labute approximate surface area is 107 Å². The number of thioether (sulfide) groups is 1. The van der Waals surface area contributed by atoms with Crippen molar-refractivity contribution in [3.05, 3.63) is 23.0 Å². The molecule has 1 aromatic heterocycles. The van der Waals surface area contributed by atoms with Gasteiger partial charge < -0.3 is 9.67 Å². The van der Waals surface area contributed by atoms with Gasteiger partial charge in [0.25, 0.3) is 0 Å². The zero-order valence-corrected chi connectivity index (χ0v) is 11.5. The topological polar surface area (TPSA) is 25.2 Å². The summed E-state index contributed by atoms with van der Waals surface area (Å²) in [4.78, 5) is 0. The summed E-state index contributed by atoms with van der Waals surface area (Å²) in [5.41, 5.74) is 3.93. The molecule has 1 fully saturated rings. The molecular weight excluding hydrogens is 230 g/mol. The Morgan fingerprint density at radius 3 is 2.94 bits per heavy atom. The second-order valence-electron chi connectivity index (χ2n) is 5.57. The minimum absolute atomic E-state index is 0.219. The fourth-order valence-corrected chi connectivity index (χ4v) is 3.78. The number of hydrogen-bond acceptors (Lipinski definition) is 2. The van der Waals surface area contributed by atoms with Crippen LogP contribution in [0.25, 0.3) is 0 Å². The summed E-state index contributed by atoms with van der Waals surface area (Å²) in [6.07, 6.45) is 7.92. The van der Waals surface area contributed by atoms with E-state index in [1.54, 1.807) is 0 Å². The number of aromatic nitrogens is 1. The van der Waals surface area contributed by atoms with Crippen molar-refractivity contribution in [3.8, 4) is 0 Å². The summed E-state index contributed by atoms with van der Waals surface area (Å²) < 4.78 is 2.97. The number of nitrogens with zero attached hydrogens (tertiary/aromatic N) is 1. The van der Waals surface area contributed by atoms with Crippen molar-refractivity contribution in [2.45, 2.75) is 56.4 Å². The van der Waals surface area contributed by atoms with Crippen molar-refractivity contribution in [2.24, 2.45) is 0 Å². The molecule has 17 heavy (non-hydrogen) atoms. The van der Waals surface area contributed by atoms with Crippen LogP contribution in [0.5, 0.6) is 0 Å². The predicted molar refractivity (Wildman–Crippen MR) is 72.5 cm³/mol. The molecule has 0 spiro atoms. The van der Waals surface area contributed by atoms with Crippen LogP contribution in [0.2, 0.25) is 0 Å². The SMILES string of the molecule is CSC1(Cn2c(C)cc3c2CCCC3O)CC1. The molecule has 0 aromatic carbocycles. The van der Waals surface area contributed by atoms with Crippen molar-refractivity contribution in [2.75, 3.05) is 6.26 Å². The van der Waals surface area contributed by atoms with Gasteiger partial charge in [0.15, 0.2) is 0 Å². The molecule has 94 valence electrons. The van der Waals surface area contributed by atoms with E-state index in [-0.39, 0.29) is 6.10 Å². The largest absolute Gasteiger partial charge is 0.388 e. The molecule has 1 aromatic rings. The maximum absolute atomic E-state index is 10.1. The minimum atomic E-state index is -0.219. The van der Waals surface area contributed by atoms with Gasteiger partial charge in [-0.1, -0.05) is 0 Å². The van der Waals surface area contributed by atoms with Crippen LogP contribution in [0.4, 0.5) is 0 Å². The normalized spacial score (nSPS) is 25.7. The molecule has 3 rings (SSSR count). The average molecular weight is 251 g/mol. The second kappa shape index (κ2) is 4.06. The molecule has 2 nitrogen and oxygen atoms in total. The number of rotatable bonds is 3. The summed E-state index contributed by atoms with van der Waals surface area (Å²) in [6.45, 7) is 3.32. The lowest BCUT2D eigenvalue weighted by molar-refractivity contribution is 0.155. The Kier molecular flexibility index (Phi) is 2.79. The molecule has 1 saturated carbocycles. The van der Waals surface area contributed by atoms with Gasteiger partial charge in [-0.3, -0.25) is 0 Å². The summed E-state index contributed by atoms with van der Waals surface area (Å²) in [5, 5.41) is 10.1.